The van der Waals surface area contributed by atoms with Crippen molar-refractivity contribution in [3.63, 3.8) is 0 Å². The van der Waals surface area contributed by atoms with Crippen molar-refractivity contribution in [1.29, 1.82) is 0 Å². The Hall–Kier alpha value is -2.15. The average Bonchev–Trinajstić information content (AvgIpc) is 2.51. The van der Waals surface area contributed by atoms with E-state index in [-0.39, 0.29) is 34.0 Å². The van der Waals surface area contributed by atoms with Gasteiger partial charge in [-0.15, -0.1) is 0 Å². The summed E-state index contributed by atoms with van der Waals surface area (Å²) in [6, 6.07) is 5.20. The van der Waals surface area contributed by atoms with Crippen molar-refractivity contribution >= 4 is 17.3 Å². The fraction of sp³-hybridized carbons (Fsp3) is 0.588. The molecule has 0 aromatic heterocycles. The third kappa shape index (κ3) is 3.84. The lowest BCUT2D eigenvalue weighted by atomic mass is 9.77. The summed E-state index contributed by atoms with van der Waals surface area (Å²) in [5.74, 6) is -0.0425. The number of fused-ring (bicyclic) bond motifs is 1. The van der Waals surface area contributed by atoms with E-state index in [2.05, 4.69) is 29.4 Å². The number of benzene rings is 1. The maximum Gasteiger partial charge on any atom is 0.269 e. The first-order valence-corrected chi connectivity index (χ1v) is 8.07. The summed E-state index contributed by atoms with van der Waals surface area (Å²) < 4.78 is 0. The molecule has 0 radical (unpaired) electrons. The normalized spacial score (nSPS) is 20.2. The van der Waals surface area contributed by atoms with Crippen LogP contribution in [0.2, 0.25) is 0 Å². The van der Waals surface area contributed by atoms with Crippen LogP contribution in [0.25, 0.3) is 0 Å². The molecule has 7 nitrogen and oxygen atoms in total. The SMILES string of the molecule is CC(=O)NCC(C)(C)C1CC(N(C)C)c2cc([N+](=O)[O-])ccc2N1. The van der Waals surface area contributed by atoms with Crippen LogP contribution in [0, 0.1) is 15.5 Å². The van der Waals surface area contributed by atoms with Crippen LogP contribution in [0.3, 0.4) is 0 Å². The predicted molar refractivity (Wildman–Crippen MR) is 94.0 cm³/mol. The standard InChI is InChI=1S/C17H26N4O3/c1-11(22)18-10-17(2,3)16-9-15(20(4)5)13-8-12(21(23)24)6-7-14(13)19-16/h6-8,15-16,19H,9-10H2,1-5H3,(H,18,22). The van der Waals surface area contributed by atoms with Crippen molar-refractivity contribution in [2.45, 2.75) is 39.3 Å². The van der Waals surface area contributed by atoms with Crippen LogP contribution in [0.5, 0.6) is 0 Å². The number of nitrogens with zero attached hydrogens (tertiary/aromatic N) is 2. The van der Waals surface area contributed by atoms with Gasteiger partial charge < -0.3 is 15.5 Å². The molecule has 0 spiro atoms. The number of nitrogens with one attached hydrogen (secondary N) is 2. The first-order valence-electron chi connectivity index (χ1n) is 8.07. The van der Waals surface area contributed by atoms with Crippen LogP contribution < -0.4 is 10.6 Å². The van der Waals surface area contributed by atoms with E-state index < -0.39 is 0 Å². The van der Waals surface area contributed by atoms with Crippen LogP contribution >= 0.6 is 0 Å². The van der Waals surface area contributed by atoms with Gasteiger partial charge in [0.25, 0.3) is 5.69 Å². The minimum absolute atomic E-state index is 0.0425. The van der Waals surface area contributed by atoms with Crippen LogP contribution in [0.4, 0.5) is 11.4 Å². The molecule has 1 aliphatic heterocycles. The highest BCUT2D eigenvalue weighted by molar-refractivity contribution is 5.72. The number of nitro groups is 1. The molecule has 2 atom stereocenters. The van der Waals surface area contributed by atoms with E-state index in [1.54, 1.807) is 12.1 Å². The van der Waals surface area contributed by atoms with Crippen LogP contribution in [-0.4, -0.2) is 42.4 Å². The van der Waals surface area contributed by atoms with E-state index in [1.807, 2.05) is 14.1 Å². The van der Waals surface area contributed by atoms with E-state index in [9.17, 15) is 14.9 Å². The molecular weight excluding hydrogens is 308 g/mol. The Morgan fingerprint density at radius 1 is 1.46 bits per heavy atom. The lowest BCUT2D eigenvalue weighted by molar-refractivity contribution is -0.384. The highest BCUT2D eigenvalue weighted by Crippen LogP contribution is 2.41. The highest BCUT2D eigenvalue weighted by atomic mass is 16.6. The topological polar surface area (TPSA) is 87.5 Å². The van der Waals surface area contributed by atoms with E-state index in [4.69, 9.17) is 0 Å². The predicted octanol–water partition coefficient (Wildman–Crippen LogP) is 2.54. The number of carbonyl (C=O) groups is 1. The van der Waals surface area contributed by atoms with Gasteiger partial charge >= 0.3 is 0 Å². The largest absolute Gasteiger partial charge is 0.381 e. The fourth-order valence-corrected chi connectivity index (χ4v) is 3.15. The molecule has 24 heavy (non-hydrogen) atoms. The molecule has 132 valence electrons. The number of hydrogen-bond donors (Lipinski definition) is 2. The number of nitro benzene ring substituents is 1. The number of carbonyl (C=O) groups excluding carboxylic acids is 1. The lowest BCUT2D eigenvalue weighted by Gasteiger charge is -2.43. The summed E-state index contributed by atoms with van der Waals surface area (Å²) in [6.45, 7) is 6.32. The second-order valence-corrected chi connectivity index (χ2v) is 7.34. The summed E-state index contributed by atoms with van der Waals surface area (Å²) >= 11 is 0. The summed E-state index contributed by atoms with van der Waals surface area (Å²) in [6.07, 6.45) is 0.813. The Morgan fingerprint density at radius 2 is 2.12 bits per heavy atom. The molecule has 0 aliphatic carbocycles. The Balaban J connectivity index is 2.32. The Morgan fingerprint density at radius 3 is 2.67 bits per heavy atom. The van der Waals surface area contributed by atoms with Crippen molar-refractivity contribution in [2.75, 3.05) is 26.0 Å². The molecule has 1 heterocycles. The van der Waals surface area contributed by atoms with Crippen LogP contribution in [0.1, 0.15) is 38.8 Å². The molecule has 0 bridgehead atoms. The smallest absolute Gasteiger partial charge is 0.269 e. The third-order valence-electron chi connectivity index (χ3n) is 4.75. The first-order chi connectivity index (χ1) is 11.1. The molecule has 1 aromatic carbocycles. The van der Waals surface area contributed by atoms with Gasteiger partial charge in [0.2, 0.25) is 5.91 Å². The molecule has 1 amide bonds. The van der Waals surface area contributed by atoms with E-state index in [0.717, 1.165) is 17.7 Å². The van der Waals surface area contributed by atoms with Gasteiger partial charge in [-0.1, -0.05) is 13.8 Å². The summed E-state index contributed by atoms with van der Waals surface area (Å²) in [5.41, 5.74) is 1.82. The van der Waals surface area contributed by atoms with Crippen molar-refractivity contribution in [1.82, 2.24) is 10.2 Å². The van der Waals surface area contributed by atoms with Crippen LogP contribution in [-0.2, 0) is 4.79 Å². The molecule has 0 fully saturated rings. The lowest BCUT2D eigenvalue weighted by Crippen LogP contribution is -2.48. The molecule has 1 aromatic rings. The van der Waals surface area contributed by atoms with Gasteiger partial charge in [-0.2, -0.15) is 0 Å². The monoisotopic (exact) mass is 334 g/mol. The maximum absolute atomic E-state index is 11.2. The minimum Gasteiger partial charge on any atom is -0.381 e. The van der Waals surface area contributed by atoms with Gasteiger partial charge in [0, 0.05) is 48.8 Å². The summed E-state index contributed by atoms with van der Waals surface area (Å²) in [5, 5.41) is 17.5. The molecule has 1 aliphatic rings. The van der Waals surface area contributed by atoms with Crippen molar-refractivity contribution in [2.24, 2.45) is 5.41 Å². The van der Waals surface area contributed by atoms with Crippen molar-refractivity contribution in [3.8, 4) is 0 Å². The second kappa shape index (κ2) is 6.76. The molecule has 2 rings (SSSR count). The van der Waals surface area contributed by atoms with Crippen molar-refractivity contribution in [3.05, 3.63) is 33.9 Å². The van der Waals surface area contributed by atoms with Gasteiger partial charge in [-0.3, -0.25) is 14.9 Å². The van der Waals surface area contributed by atoms with Gasteiger partial charge in [-0.25, -0.2) is 0 Å². The second-order valence-electron chi connectivity index (χ2n) is 7.34. The van der Waals surface area contributed by atoms with E-state index >= 15 is 0 Å². The zero-order chi connectivity index (χ0) is 18.1. The zero-order valence-corrected chi connectivity index (χ0v) is 14.9. The number of rotatable bonds is 5. The molecular formula is C17H26N4O3. The van der Waals surface area contributed by atoms with Crippen LogP contribution in [0.15, 0.2) is 18.2 Å². The zero-order valence-electron chi connectivity index (χ0n) is 14.9. The van der Waals surface area contributed by atoms with E-state index in [1.165, 1.54) is 13.0 Å². The Labute approximate surface area is 142 Å². The Kier molecular flexibility index (Phi) is 5.13. The number of non-ortho nitro benzene ring substituents is 1. The van der Waals surface area contributed by atoms with E-state index in [0.29, 0.717) is 6.54 Å². The summed E-state index contributed by atoms with van der Waals surface area (Å²) in [7, 11) is 3.97. The quantitative estimate of drug-likeness (QED) is 0.638. The average molecular weight is 334 g/mol. The highest BCUT2D eigenvalue weighted by Gasteiger charge is 2.37. The van der Waals surface area contributed by atoms with Gasteiger partial charge in [0.1, 0.15) is 0 Å². The number of amides is 1. The van der Waals surface area contributed by atoms with Gasteiger partial charge in [0.05, 0.1) is 4.92 Å². The minimum atomic E-state index is -0.361. The molecule has 7 heteroatoms. The summed E-state index contributed by atoms with van der Waals surface area (Å²) in [4.78, 5) is 24.0. The molecule has 2 N–H and O–H groups in total. The molecule has 2 unspecified atom stereocenters. The third-order valence-corrected chi connectivity index (χ3v) is 4.75. The molecule has 0 saturated carbocycles. The van der Waals surface area contributed by atoms with Gasteiger partial charge in [0.15, 0.2) is 0 Å². The fourth-order valence-electron chi connectivity index (χ4n) is 3.15. The molecule has 0 saturated heterocycles. The number of hydrogen-bond acceptors (Lipinski definition) is 5. The van der Waals surface area contributed by atoms with Gasteiger partial charge in [-0.05, 0) is 32.1 Å². The maximum atomic E-state index is 11.2. The first kappa shape index (κ1) is 18.2. The number of anilines is 1. The Bertz CT molecular complexity index is 643. The van der Waals surface area contributed by atoms with Crippen molar-refractivity contribution < 1.29 is 9.72 Å².